The van der Waals surface area contributed by atoms with Crippen LogP contribution in [0.25, 0.3) is 10.2 Å². The van der Waals surface area contributed by atoms with Crippen LogP contribution in [0.1, 0.15) is 0 Å². The van der Waals surface area contributed by atoms with E-state index in [2.05, 4.69) is 20.6 Å². The van der Waals surface area contributed by atoms with Gasteiger partial charge in [0.15, 0.2) is 5.13 Å². The number of ether oxygens (including phenoxy) is 1. The van der Waals surface area contributed by atoms with E-state index in [1.54, 1.807) is 29.3 Å². The fraction of sp³-hybridized carbons (Fsp3) is 0.250. The normalized spacial score (nSPS) is 10.8. The zero-order valence-electron chi connectivity index (χ0n) is 10.4. The third kappa shape index (κ3) is 2.65. The number of rotatable bonds is 5. The first-order valence-corrected chi connectivity index (χ1v) is 6.69. The highest BCUT2D eigenvalue weighted by molar-refractivity contribution is 7.22. The lowest BCUT2D eigenvalue weighted by molar-refractivity contribution is 0.415. The van der Waals surface area contributed by atoms with Crippen LogP contribution >= 0.6 is 11.3 Å². The first-order valence-electron chi connectivity index (χ1n) is 5.88. The van der Waals surface area contributed by atoms with Gasteiger partial charge in [-0.2, -0.15) is 0 Å². The highest BCUT2D eigenvalue weighted by Gasteiger charge is 2.04. The van der Waals surface area contributed by atoms with Crippen LogP contribution < -0.4 is 10.1 Å². The van der Waals surface area contributed by atoms with E-state index in [0.717, 1.165) is 34.2 Å². The standard InChI is InChI=1S/C12H13N5OS/c1-18-9-2-3-10-11(8-9)19-12(15-10)13-4-6-17-7-5-14-16-17/h2-3,5,7-8H,4,6H2,1H3,(H,13,15). The minimum atomic E-state index is 0.763. The van der Waals surface area contributed by atoms with Crippen molar-refractivity contribution in [2.24, 2.45) is 0 Å². The SMILES string of the molecule is COc1ccc2nc(NCCn3ccnn3)sc2c1. The van der Waals surface area contributed by atoms with Crippen LogP contribution in [-0.2, 0) is 6.54 Å². The fourth-order valence-electron chi connectivity index (χ4n) is 1.74. The Labute approximate surface area is 114 Å². The van der Waals surface area contributed by atoms with Gasteiger partial charge in [-0.3, -0.25) is 4.68 Å². The summed E-state index contributed by atoms with van der Waals surface area (Å²) in [5.41, 5.74) is 0.981. The van der Waals surface area contributed by atoms with Crippen molar-refractivity contribution in [3.8, 4) is 5.75 Å². The number of thiazole rings is 1. The van der Waals surface area contributed by atoms with Crippen molar-refractivity contribution in [2.75, 3.05) is 19.0 Å². The van der Waals surface area contributed by atoms with Crippen LogP contribution in [0.15, 0.2) is 30.6 Å². The Morgan fingerprint density at radius 2 is 2.37 bits per heavy atom. The smallest absolute Gasteiger partial charge is 0.183 e. The van der Waals surface area contributed by atoms with Crippen molar-refractivity contribution in [1.82, 2.24) is 20.0 Å². The average Bonchev–Trinajstić information content (AvgIpc) is 3.06. The van der Waals surface area contributed by atoms with Gasteiger partial charge in [-0.05, 0) is 18.2 Å². The second-order valence-electron chi connectivity index (χ2n) is 3.95. The first kappa shape index (κ1) is 11.9. The van der Waals surface area contributed by atoms with Gasteiger partial charge in [-0.15, -0.1) is 5.10 Å². The maximum absolute atomic E-state index is 5.20. The van der Waals surface area contributed by atoms with Gasteiger partial charge in [-0.1, -0.05) is 16.6 Å². The molecule has 7 heteroatoms. The topological polar surface area (TPSA) is 64.9 Å². The summed E-state index contributed by atoms with van der Waals surface area (Å²) in [6.07, 6.45) is 3.51. The van der Waals surface area contributed by atoms with Gasteiger partial charge in [-0.25, -0.2) is 4.98 Å². The second kappa shape index (κ2) is 5.23. The molecular weight excluding hydrogens is 262 g/mol. The van der Waals surface area contributed by atoms with Gasteiger partial charge in [0.05, 0.1) is 30.1 Å². The van der Waals surface area contributed by atoms with E-state index in [1.807, 2.05) is 24.4 Å². The van der Waals surface area contributed by atoms with Crippen LogP contribution in [0.5, 0.6) is 5.75 Å². The number of nitrogens with one attached hydrogen (secondary N) is 1. The lowest BCUT2D eigenvalue weighted by Gasteiger charge is -2.01. The van der Waals surface area contributed by atoms with Crippen LogP contribution in [0.4, 0.5) is 5.13 Å². The van der Waals surface area contributed by atoms with Crippen molar-refractivity contribution >= 4 is 26.7 Å². The van der Waals surface area contributed by atoms with Gasteiger partial charge in [0.25, 0.3) is 0 Å². The largest absolute Gasteiger partial charge is 0.497 e. The molecule has 0 fully saturated rings. The molecule has 1 aromatic carbocycles. The van der Waals surface area contributed by atoms with Crippen molar-refractivity contribution in [3.05, 3.63) is 30.6 Å². The van der Waals surface area contributed by atoms with Crippen LogP contribution in [-0.4, -0.2) is 33.6 Å². The van der Waals surface area contributed by atoms with E-state index in [0.29, 0.717) is 0 Å². The number of hydrogen-bond donors (Lipinski definition) is 1. The summed E-state index contributed by atoms with van der Waals surface area (Å²) in [4.78, 5) is 4.51. The number of benzene rings is 1. The molecule has 0 atom stereocenters. The lowest BCUT2D eigenvalue weighted by Crippen LogP contribution is -2.10. The van der Waals surface area contributed by atoms with Gasteiger partial charge in [0, 0.05) is 12.7 Å². The van der Waals surface area contributed by atoms with Crippen LogP contribution in [0, 0.1) is 0 Å². The third-order valence-corrected chi connectivity index (χ3v) is 3.66. The van der Waals surface area contributed by atoms with Gasteiger partial charge in [0.2, 0.25) is 0 Å². The molecule has 2 aromatic heterocycles. The van der Waals surface area contributed by atoms with Crippen molar-refractivity contribution < 1.29 is 4.74 Å². The monoisotopic (exact) mass is 275 g/mol. The zero-order valence-corrected chi connectivity index (χ0v) is 11.2. The number of fused-ring (bicyclic) bond motifs is 1. The van der Waals surface area contributed by atoms with Crippen LogP contribution in [0.2, 0.25) is 0 Å². The molecular formula is C12H13N5OS. The molecule has 0 saturated carbocycles. The summed E-state index contributed by atoms with van der Waals surface area (Å²) in [6, 6.07) is 5.88. The molecule has 1 N–H and O–H groups in total. The summed E-state index contributed by atoms with van der Waals surface area (Å²) in [6.45, 7) is 1.53. The lowest BCUT2D eigenvalue weighted by atomic mass is 10.3. The highest BCUT2D eigenvalue weighted by Crippen LogP contribution is 2.28. The van der Waals surface area contributed by atoms with Crippen molar-refractivity contribution in [1.29, 1.82) is 0 Å². The number of hydrogen-bond acceptors (Lipinski definition) is 6. The molecule has 0 amide bonds. The summed E-state index contributed by atoms with van der Waals surface area (Å²) < 4.78 is 8.10. The summed E-state index contributed by atoms with van der Waals surface area (Å²) in [5, 5.41) is 11.9. The van der Waals surface area contributed by atoms with E-state index >= 15 is 0 Å². The molecule has 2 heterocycles. The molecule has 0 aliphatic heterocycles. The number of anilines is 1. The number of methoxy groups -OCH3 is 1. The minimum Gasteiger partial charge on any atom is -0.497 e. The number of nitrogens with zero attached hydrogens (tertiary/aromatic N) is 4. The van der Waals surface area contributed by atoms with E-state index in [-0.39, 0.29) is 0 Å². The molecule has 98 valence electrons. The Balaban J connectivity index is 1.67. The highest BCUT2D eigenvalue weighted by atomic mass is 32.1. The first-order chi connectivity index (χ1) is 9.35. The predicted molar refractivity (Wildman–Crippen MR) is 74.7 cm³/mol. The Kier molecular flexibility index (Phi) is 3.28. The van der Waals surface area contributed by atoms with E-state index < -0.39 is 0 Å². The Morgan fingerprint density at radius 1 is 1.42 bits per heavy atom. The third-order valence-electron chi connectivity index (χ3n) is 2.68. The molecule has 0 aliphatic rings. The molecule has 19 heavy (non-hydrogen) atoms. The maximum Gasteiger partial charge on any atom is 0.183 e. The van der Waals surface area contributed by atoms with E-state index in [4.69, 9.17) is 4.74 Å². The molecule has 3 rings (SSSR count). The van der Waals surface area contributed by atoms with Gasteiger partial charge < -0.3 is 10.1 Å². The summed E-state index contributed by atoms with van der Waals surface area (Å²) >= 11 is 1.62. The Bertz CT molecular complexity index is 664. The fourth-order valence-corrected chi connectivity index (χ4v) is 2.66. The van der Waals surface area contributed by atoms with Gasteiger partial charge in [0.1, 0.15) is 5.75 Å². The molecule has 0 unspecified atom stereocenters. The predicted octanol–water partition coefficient (Wildman–Crippen LogP) is 2.01. The Morgan fingerprint density at radius 3 is 3.16 bits per heavy atom. The number of aromatic nitrogens is 4. The van der Waals surface area contributed by atoms with Crippen molar-refractivity contribution in [2.45, 2.75) is 6.54 Å². The average molecular weight is 275 g/mol. The molecule has 0 bridgehead atoms. The van der Waals surface area contributed by atoms with E-state index in [1.165, 1.54) is 0 Å². The molecule has 0 spiro atoms. The van der Waals surface area contributed by atoms with E-state index in [9.17, 15) is 0 Å². The maximum atomic E-state index is 5.20. The Hall–Kier alpha value is -2.15. The zero-order chi connectivity index (χ0) is 13.1. The molecule has 3 aromatic rings. The summed E-state index contributed by atoms with van der Waals surface area (Å²) in [7, 11) is 1.67. The minimum absolute atomic E-state index is 0.763. The molecule has 6 nitrogen and oxygen atoms in total. The van der Waals surface area contributed by atoms with Crippen LogP contribution in [0.3, 0.4) is 0 Å². The second-order valence-corrected chi connectivity index (χ2v) is 4.98. The quantitative estimate of drug-likeness (QED) is 0.771. The molecule has 0 saturated heterocycles. The van der Waals surface area contributed by atoms with Gasteiger partial charge >= 0.3 is 0 Å². The molecule has 0 aliphatic carbocycles. The summed E-state index contributed by atoms with van der Waals surface area (Å²) in [5.74, 6) is 0.852. The molecule has 0 radical (unpaired) electrons. The van der Waals surface area contributed by atoms with Crippen molar-refractivity contribution in [3.63, 3.8) is 0 Å².